The third-order valence-corrected chi connectivity index (χ3v) is 2.78. The normalized spacial score (nSPS) is 13.2. The van der Waals surface area contributed by atoms with E-state index in [0.717, 1.165) is 12.1 Å². The van der Waals surface area contributed by atoms with Crippen molar-refractivity contribution in [3.8, 4) is 0 Å². The van der Waals surface area contributed by atoms with Gasteiger partial charge < -0.3 is 10.4 Å². The van der Waals surface area contributed by atoms with E-state index in [1.807, 2.05) is 0 Å². The second-order valence-electron chi connectivity index (χ2n) is 3.56. The lowest BCUT2D eigenvalue weighted by Crippen LogP contribution is -2.36. The van der Waals surface area contributed by atoms with Crippen molar-refractivity contribution in [2.75, 3.05) is 11.9 Å². The molecule has 2 N–H and O–H groups in total. The van der Waals surface area contributed by atoms with Crippen molar-refractivity contribution in [3.63, 3.8) is 0 Å². The molecule has 0 aliphatic carbocycles. The van der Waals surface area contributed by atoms with E-state index in [-0.39, 0.29) is 15.7 Å². The molecule has 1 unspecified atom stereocenters. The van der Waals surface area contributed by atoms with E-state index in [0.29, 0.717) is 0 Å². The highest BCUT2D eigenvalue weighted by atomic mass is 35.5. The second kappa shape index (κ2) is 5.83. The number of carboxylic acids is 1. The highest BCUT2D eigenvalue weighted by molar-refractivity contribution is 6.39. The number of carbonyl (C=O) groups is 1. The summed E-state index contributed by atoms with van der Waals surface area (Å²) in [6, 6.07) is 1.69. The molecule has 0 fully saturated rings. The number of hydrogen-bond donors (Lipinski definition) is 2. The van der Waals surface area contributed by atoms with Crippen LogP contribution in [0, 0.1) is 11.7 Å². The van der Waals surface area contributed by atoms with E-state index in [1.165, 1.54) is 0 Å². The van der Waals surface area contributed by atoms with Gasteiger partial charge in [0, 0.05) is 6.54 Å². The van der Waals surface area contributed by atoms with Gasteiger partial charge in [-0.2, -0.15) is 13.2 Å². The number of aliphatic carboxylic acids is 1. The van der Waals surface area contributed by atoms with E-state index < -0.39 is 30.4 Å². The van der Waals surface area contributed by atoms with Crippen LogP contribution in [0.25, 0.3) is 0 Å². The summed E-state index contributed by atoms with van der Waals surface area (Å²) in [6.07, 6.45) is -4.92. The number of anilines is 1. The van der Waals surface area contributed by atoms with Gasteiger partial charge in [0.1, 0.15) is 5.82 Å². The van der Waals surface area contributed by atoms with Gasteiger partial charge in [0.25, 0.3) is 0 Å². The minimum atomic E-state index is -4.92. The van der Waals surface area contributed by atoms with Crippen LogP contribution in [0.3, 0.4) is 0 Å². The topological polar surface area (TPSA) is 49.3 Å². The molecule has 0 saturated heterocycles. The van der Waals surface area contributed by atoms with E-state index in [2.05, 4.69) is 5.32 Å². The van der Waals surface area contributed by atoms with Crippen LogP contribution >= 0.6 is 23.2 Å². The summed E-state index contributed by atoms with van der Waals surface area (Å²) < 4.78 is 50.0. The van der Waals surface area contributed by atoms with Gasteiger partial charge >= 0.3 is 12.1 Å². The quantitative estimate of drug-likeness (QED) is 0.830. The summed E-state index contributed by atoms with van der Waals surface area (Å²) in [5, 5.41) is 10.2. The fourth-order valence-electron chi connectivity index (χ4n) is 1.26. The highest BCUT2D eigenvalue weighted by Gasteiger charge is 2.45. The van der Waals surface area contributed by atoms with Crippen molar-refractivity contribution >= 4 is 34.9 Å². The van der Waals surface area contributed by atoms with E-state index in [9.17, 15) is 22.4 Å². The predicted molar refractivity (Wildman–Crippen MR) is 62.1 cm³/mol. The average molecular weight is 320 g/mol. The average Bonchev–Trinajstić information content (AvgIpc) is 2.18. The first-order valence-electron chi connectivity index (χ1n) is 4.81. The van der Waals surface area contributed by atoms with Gasteiger partial charge in [-0.3, -0.25) is 4.79 Å². The number of benzene rings is 1. The summed E-state index contributed by atoms with van der Waals surface area (Å²) >= 11 is 11.2. The third-order valence-electron chi connectivity index (χ3n) is 2.18. The molecule has 0 aromatic heterocycles. The molecule has 1 aromatic carbocycles. The number of halogens is 6. The molecule has 1 rings (SSSR count). The lowest BCUT2D eigenvalue weighted by Gasteiger charge is -2.18. The van der Waals surface area contributed by atoms with Gasteiger partial charge in [-0.25, -0.2) is 4.39 Å². The fourth-order valence-corrected chi connectivity index (χ4v) is 1.85. The Kier molecular flexibility index (Phi) is 4.86. The molecule has 3 nitrogen and oxygen atoms in total. The van der Waals surface area contributed by atoms with E-state index >= 15 is 0 Å². The molecule has 19 heavy (non-hydrogen) atoms. The van der Waals surface area contributed by atoms with Crippen molar-refractivity contribution in [2.24, 2.45) is 5.92 Å². The Morgan fingerprint density at radius 3 is 2.16 bits per heavy atom. The number of hydrogen-bond acceptors (Lipinski definition) is 2. The molecular formula is C10H7Cl2F4NO2. The van der Waals surface area contributed by atoms with Crippen molar-refractivity contribution in [3.05, 3.63) is 28.0 Å². The van der Waals surface area contributed by atoms with E-state index in [4.69, 9.17) is 28.3 Å². The zero-order chi connectivity index (χ0) is 14.8. The van der Waals surface area contributed by atoms with Crippen molar-refractivity contribution < 1.29 is 27.5 Å². The Hall–Kier alpha value is -1.21. The molecule has 106 valence electrons. The molecule has 0 spiro atoms. The molecular weight excluding hydrogens is 313 g/mol. The van der Waals surface area contributed by atoms with Crippen LogP contribution in [-0.2, 0) is 4.79 Å². The maximum atomic E-state index is 12.9. The molecule has 0 aliphatic rings. The summed E-state index contributed by atoms with van der Waals surface area (Å²) in [5.74, 6) is -5.41. The zero-order valence-corrected chi connectivity index (χ0v) is 10.6. The number of carboxylic acid groups (broad SMARTS) is 1. The van der Waals surface area contributed by atoms with Crippen LogP contribution in [0.15, 0.2) is 12.1 Å². The summed E-state index contributed by atoms with van der Waals surface area (Å²) in [4.78, 5) is 10.5. The highest BCUT2D eigenvalue weighted by Crippen LogP contribution is 2.33. The number of alkyl halides is 3. The molecule has 0 radical (unpaired) electrons. The Morgan fingerprint density at radius 1 is 1.32 bits per heavy atom. The maximum Gasteiger partial charge on any atom is 0.403 e. The Morgan fingerprint density at radius 2 is 1.79 bits per heavy atom. The van der Waals surface area contributed by atoms with Crippen molar-refractivity contribution in [1.29, 1.82) is 0 Å². The lowest BCUT2D eigenvalue weighted by atomic mass is 10.1. The van der Waals surface area contributed by atoms with Gasteiger partial charge in [-0.15, -0.1) is 0 Å². The molecule has 1 atom stereocenters. The number of rotatable bonds is 4. The van der Waals surface area contributed by atoms with E-state index in [1.54, 1.807) is 0 Å². The zero-order valence-electron chi connectivity index (χ0n) is 9.06. The SMILES string of the molecule is O=C(O)C(CNc1c(Cl)cc(F)cc1Cl)C(F)(F)F. The standard InChI is InChI=1S/C10H7Cl2F4NO2/c11-6-1-4(13)2-7(12)8(6)17-3-5(9(18)19)10(14,15)16/h1-2,5,17H,3H2,(H,18,19). The molecule has 0 saturated carbocycles. The molecule has 0 amide bonds. The molecule has 0 aliphatic heterocycles. The first-order valence-corrected chi connectivity index (χ1v) is 5.56. The fraction of sp³-hybridized carbons (Fsp3) is 0.300. The van der Waals surface area contributed by atoms with Gasteiger partial charge in [-0.1, -0.05) is 23.2 Å². The minimum Gasteiger partial charge on any atom is -0.481 e. The minimum absolute atomic E-state index is 0.153. The first kappa shape index (κ1) is 15.8. The third kappa shape index (κ3) is 4.14. The first-order chi connectivity index (χ1) is 8.62. The van der Waals surface area contributed by atoms with Gasteiger partial charge in [0.15, 0.2) is 5.92 Å². The largest absolute Gasteiger partial charge is 0.481 e. The Labute approximate surface area is 115 Å². The van der Waals surface area contributed by atoms with Crippen LogP contribution in [0.2, 0.25) is 10.0 Å². The molecule has 0 bridgehead atoms. The predicted octanol–water partition coefficient (Wildman–Crippen LogP) is 3.81. The summed E-state index contributed by atoms with van der Waals surface area (Å²) in [7, 11) is 0. The van der Waals surface area contributed by atoms with Crippen LogP contribution in [-0.4, -0.2) is 23.8 Å². The molecule has 1 aromatic rings. The summed E-state index contributed by atoms with van der Waals surface area (Å²) in [6.45, 7) is -0.968. The van der Waals surface area contributed by atoms with Gasteiger partial charge in [0.05, 0.1) is 15.7 Å². The number of nitrogens with one attached hydrogen (secondary N) is 1. The smallest absolute Gasteiger partial charge is 0.403 e. The van der Waals surface area contributed by atoms with Crippen LogP contribution in [0.4, 0.5) is 23.2 Å². The molecule has 0 heterocycles. The van der Waals surface area contributed by atoms with Crippen molar-refractivity contribution in [1.82, 2.24) is 0 Å². The Bertz CT molecular complexity index is 470. The van der Waals surface area contributed by atoms with Crippen molar-refractivity contribution in [2.45, 2.75) is 6.18 Å². The van der Waals surface area contributed by atoms with Crippen LogP contribution in [0.5, 0.6) is 0 Å². The van der Waals surface area contributed by atoms with Gasteiger partial charge in [0.2, 0.25) is 0 Å². The monoisotopic (exact) mass is 319 g/mol. The second-order valence-corrected chi connectivity index (χ2v) is 4.37. The lowest BCUT2D eigenvalue weighted by molar-refractivity contribution is -0.190. The van der Waals surface area contributed by atoms with Gasteiger partial charge in [-0.05, 0) is 12.1 Å². The maximum absolute atomic E-state index is 12.9. The van der Waals surface area contributed by atoms with Crippen LogP contribution in [0.1, 0.15) is 0 Å². The summed E-state index contributed by atoms with van der Waals surface area (Å²) in [5.41, 5.74) is -0.153. The molecule has 9 heteroatoms. The van der Waals surface area contributed by atoms with Crippen LogP contribution < -0.4 is 5.32 Å². The Balaban J connectivity index is 2.90.